The Morgan fingerprint density at radius 1 is 1.21 bits per heavy atom. The molecule has 0 amide bonds. The summed E-state index contributed by atoms with van der Waals surface area (Å²) in [5.74, 6) is -1.31. The summed E-state index contributed by atoms with van der Waals surface area (Å²) in [7, 11) is 0. The molecule has 0 aliphatic carbocycles. The van der Waals surface area contributed by atoms with Crippen molar-refractivity contribution in [2.45, 2.75) is 25.7 Å². The largest absolute Gasteiger partial charge is 0.478 e. The first-order valence-electron chi connectivity index (χ1n) is 6.63. The van der Waals surface area contributed by atoms with Gasteiger partial charge in [0, 0.05) is 24.7 Å². The Balaban J connectivity index is 2.33. The van der Waals surface area contributed by atoms with Gasteiger partial charge in [0.2, 0.25) is 0 Å². The highest BCUT2D eigenvalue weighted by molar-refractivity contribution is 5.87. The molecular formula is C15H18FNO2. The van der Waals surface area contributed by atoms with Gasteiger partial charge in [-0.2, -0.15) is 0 Å². The molecule has 102 valence electrons. The molecule has 19 heavy (non-hydrogen) atoms. The molecule has 1 aliphatic heterocycles. The Morgan fingerprint density at radius 3 is 2.53 bits per heavy atom. The van der Waals surface area contributed by atoms with Crippen LogP contribution >= 0.6 is 0 Å². The molecule has 1 aliphatic rings. The maximum atomic E-state index is 14.1. The number of carbonyl (C=O) groups is 1. The molecule has 1 aromatic rings. The van der Waals surface area contributed by atoms with Gasteiger partial charge in [-0.05, 0) is 25.0 Å². The number of anilines is 1. The van der Waals surface area contributed by atoms with E-state index < -0.39 is 5.97 Å². The number of para-hydroxylation sites is 1. The lowest BCUT2D eigenvalue weighted by Gasteiger charge is -2.25. The number of rotatable bonds is 3. The summed E-state index contributed by atoms with van der Waals surface area (Å²) >= 11 is 0. The van der Waals surface area contributed by atoms with E-state index in [4.69, 9.17) is 5.11 Å². The zero-order chi connectivity index (χ0) is 13.7. The van der Waals surface area contributed by atoms with Crippen LogP contribution in [0.5, 0.6) is 0 Å². The summed E-state index contributed by atoms with van der Waals surface area (Å²) in [5.41, 5.74) is 1.16. The first-order chi connectivity index (χ1) is 9.18. The van der Waals surface area contributed by atoms with E-state index in [0.717, 1.165) is 32.0 Å². The van der Waals surface area contributed by atoms with Crippen molar-refractivity contribution in [3.63, 3.8) is 0 Å². The van der Waals surface area contributed by atoms with Gasteiger partial charge in [0.1, 0.15) is 5.82 Å². The molecule has 4 heteroatoms. The predicted molar refractivity (Wildman–Crippen MR) is 73.8 cm³/mol. The average molecular weight is 263 g/mol. The Morgan fingerprint density at radius 2 is 1.89 bits per heavy atom. The molecule has 0 bridgehead atoms. The van der Waals surface area contributed by atoms with Crippen molar-refractivity contribution in [3.8, 4) is 0 Å². The van der Waals surface area contributed by atoms with Crippen LogP contribution in [0, 0.1) is 5.82 Å². The molecule has 0 radical (unpaired) electrons. The van der Waals surface area contributed by atoms with Crippen LogP contribution in [0.1, 0.15) is 31.2 Å². The second-order valence-electron chi connectivity index (χ2n) is 4.75. The molecule has 0 aromatic heterocycles. The normalized spacial score (nSPS) is 16.6. The molecule has 1 aromatic carbocycles. The van der Waals surface area contributed by atoms with Gasteiger partial charge in [-0.3, -0.25) is 0 Å². The lowest BCUT2D eigenvalue weighted by Crippen LogP contribution is -2.25. The maximum absolute atomic E-state index is 14.1. The first-order valence-corrected chi connectivity index (χ1v) is 6.63. The molecular weight excluding hydrogens is 245 g/mol. The van der Waals surface area contributed by atoms with Gasteiger partial charge in [-0.25, -0.2) is 9.18 Å². The average Bonchev–Trinajstić information content (AvgIpc) is 2.65. The van der Waals surface area contributed by atoms with Crippen molar-refractivity contribution in [1.29, 1.82) is 0 Å². The third-order valence-electron chi connectivity index (χ3n) is 3.35. The molecule has 1 saturated heterocycles. The van der Waals surface area contributed by atoms with E-state index in [9.17, 15) is 9.18 Å². The van der Waals surface area contributed by atoms with Crippen LogP contribution in [0.15, 0.2) is 24.3 Å². The lowest BCUT2D eigenvalue weighted by molar-refractivity contribution is -0.131. The van der Waals surface area contributed by atoms with Crippen molar-refractivity contribution < 1.29 is 14.3 Å². The molecule has 1 N–H and O–H groups in total. The van der Waals surface area contributed by atoms with Crippen molar-refractivity contribution >= 4 is 17.7 Å². The summed E-state index contributed by atoms with van der Waals surface area (Å²) in [6.07, 6.45) is 6.96. The predicted octanol–water partition coefficient (Wildman–Crippen LogP) is 3.30. The smallest absolute Gasteiger partial charge is 0.328 e. The molecule has 2 rings (SSSR count). The highest BCUT2D eigenvalue weighted by Crippen LogP contribution is 2.28. The van der Waals surface area contributed by atoms with Crippen LogP contribution in [0.3, 0.4) is 0 Å². The van der Waals surface area contributed by atoms with Gasteiger partial charge in [-0.15, -0.1) is 0 Å². The van der Waals surface area contributed by atoms with Crippen LogP contribution in [-0.2, 0) is 4.79 Å². The SMILES string of the molecule is O=C(O)/C=C/c1cccc(F)c1N1CCCCCC1. The number of aliphatic carboxylic acids is 1. The molecule has 0 saturated carbocycles. The van der Waals surface area contributed by atoms with Crippen molar-refractivity contribution in [2.75, 3.05) is 18.0 Å². The zero-order valence-electron chi connectivity index (χ0n) is 10.8. The van der Waals surface area contributed by atoms with E-state index in [1.54, 1.807) is 12.1 Å². The van der Waals surface area contributed by atoms with E-state index in [0.29, 0.717) is 11.3 Å². The molecule has 0 atom stereocenters. The first kappa shape index (κ1) is 13.6. The minimum Gasteiger partial charge on any atom is -0.478 e. The van der Waals surface area contributed by atoms with E-state index in [2.05, 4.69) is 0 Å². The summed E-state index contributed by atoms with van der Waals surface area (Å²) in [5, 5.41) is 8.70. The second kappa shape index (κ2) is 6.36. The molecule has 1 fully saturated rings. The van der Waals surface area contributed by atoms with Crippen LogP contribution in [-0.4, -0.2) is 24.2 Å². The van der Waals surface area contributed by atoms with Crippen LogP contribution in [0.4, 0.5) is 10.1 Å². The number of benzene rings is 1. The van der Waals surface area contributed by atoms with Gasteiger partial charge in [0.25, 0.3) is 0 Å². The number of carboxylic acids is 1. The monoisotopic (exact) mass is 263 g/mol. The van der Waals surface area contributed by atoms with Crippen molar-refractivity contribution in [1.82, 2.24) is 0 Å². The number of nitrogens with zero attached hydrogens (tertiary/aromatic N) is 1. The van der Waals surface area contributed by atoms with Crippen LogP contribution in [0.2, 0.25) is 0 Å². The Bertz CT molecular complexity index is 477. The summed E-state index contributed by atoms with van der Waals surface area (Å²) in [6, 6.07) is 4.79. The quantitative estimate of drug-likeness (QED) is 0.851. The van der Waals surface area contributed by atoms with Crippen LogP contribution in [0.25, 0.3) is 6.08 Å². The lowest BCUT2D eigenvalue weighted by atomic mass is 10.1. The Hall–Kier alpha value is -1.84. The molecule has 1 heterocycles. The topological polar surface area (TPSA) is 40.5 Å². The zero-order valence-corrected chi connectivity index (χ0v) is 10.8. The minimum absolute atomic E-state index is 0.283. The summed E-state index contributed by atoms with van der Waals surface area (Å²) < 4.78 is 14.1. The number of hydrogen-bond donors (Lipinski definition) is 1. The van der Waals surface area contributed by atoms with Gasteiger partial charge < -0.3 is 10.0 Å². The van der Waals surface area contributed by atoms with Gasteiger partial charge in [-0.1, -0.05) is 25.0 Å². The highest BCUT2D eigenvalue weighted by Gasteiger charge is 2.16. The minimum atomic E-state index is -1.02. The van der Waals surface area contributed by atoms with Gasteiger partial charge in [0.15, 0.2) is 0 Å². The Labute approximate surface area is 112 Å². The molecule has 0 spiro atoms. The van der Waals surface area contributed by atoms with Crippen LogP contribution < -0.4 is 4.90 Å². The van der Waals surface area contributed by atoms with Crippen molar-refractivity contribution in [3.05, 3.63) is 35.7 Å². The maximum Gasteiger partial charge on any atom is 0.328 e. The number of hydrogen-bond acceptors (Lipinski definition) is 2. The summed E-state index contributed by atoms with van der Waals surface area (Å²) in [6.45, 7) is 1.66. The number of halogens is 1. The van der Waals surface area contributed by atoms with Gasteiger partial charge >= 0.3 is 5.97 Å². The molecule has 0 unspecified atom stereocenters. The Kier molecular flexibility index (Phi) is 4.55. The standard InChI is InChI=1S/C15H18FNO2/c16-13-7-5-6-12(8-9-14(18)19)15(13)17-10-3-1-2-4-11-17/h5-9H,1-4,10-11H2,(H,18,19)/b9-8+. The fraction of sp³-hybridized carbons (Fsp3) is 0.400. The van der Waals surface area contributed by atoms with Gasteiger partial charge in [0.05, 0.1) is 5.69 Å². The second-order valence-corrected chi connectivity index (χ2v) is 4.75. The third kappa shape index (κ3) is 3.56. The van der Waals surface area contributed by atoms with Crippen molar-refractivity contribution in [2.24, 2.45) is 0 Å². The third-order valence-corrected chi connectivity index (χ3v) is 3.35. The fourth-order valence-corrected chi connectivity index (χ4v) is 2.46. The molecule has 3 nitrogen and oxygen atoms in total. The number of carboxylic acid groups (broad SMARTS) is 1. The van der Waals surface area contributed by atoms with E-state index in [-0.39, 0.29) is 5.82 Å². The summed E-state index contributed by atoms with van der Waals surface area (Å²) in [4.78, 5) is 12.6. The van der Waals surface area contributed by atoms with E-state index in [1.165, 1.54) is 25.0 Å². The van der Waals surface area contributed by atoms with E-state index >= 15 is 0 Å². The van der Waals surface area contributed by atoms with E-state index in [1.807, 2.05) is 4.90 Å². The fourth-order valence-electron chi connectivity index (χ4n) is 2.46. The highest BCUT2D eigenvalue weighted by atomic mass is 19.1.